The molecule has 1 N–H and O–H groups in total. The van der Waals surface area contributed by atoms with E-state index in [9.17, 15) is 9.90 Å². The molecule has 0 unspecified atom stereocenters. The Bertz CT molecular complexity index is 387. The van der Waals surface area contributed by atoms with E-state index in [1.807, 2.05) is 6.07 Å². The first-order valence-corrected chi connectivity index (χ1v) is 5.76. The lowest BCUT2D eigenvalue weighted by molar-refractivity contribution is 0.112. The van der Waals surface area contributed by atoms with Crippen molar-refractivity contribution in [3.05, 3.63) is 28.8 Å². The van der Waals surface area contributed by atoms with Crippen LogP contribution in [0.1, 0.15) is 23.2 Å². The Kier molecular flexibility index (Phi) is 3.46. The van der Waals surface area contributed by atoms with E-state index in [-0.39, 0.29) is 6.10 Å². The maximum atomic E-state index is 11.0. The third-order valence-electron chi connectivity index (χ3n) is 2.92. The van der Waals surface area contributed by atoms with E-state index >= 15 is 0 Å². The summed E-state index contributed by atoms with van der Waals surface area (Å²) in [6.07, 6.45) is 2.12. The van der Waals surface area contributed by atoms with Crippen molar-refractivity contribution in [2.45, 2.75) is 18.9 Å². The second-order valence-electron chi connectivity index (χ2n) is 4.04. The number of carbonyl (C=O) groups is 1. The zero-order valence-corrected chi connectivity index (χ0v) is 9.65. The summed E-state index contributed by atoms with van der Waals surface area (Å²) in [6, 6.07) is 5.33. The van der Waals surface area contributed by atoms with Crippen LogP contribution in [-0.2, 0) is 0 Å². The van der Waals surface area contributed by atoms with Crippen molar-refractivity contribution in [3.63, 3.8) is 0 Å². The van der Waals surface area contributed by atoms with Crippen molar-refractivity contribution in [1.82, 2.24) is 0 Å². The van der Waals surface area contributed by atoms with Gasteiger partial charge in [0.1, 0.15) is 0 Å². The Labute approximate surface area is 99.6 Å². The fourth-order valence-electron chi connectivity index (χ4n) is 2.01. The molecule has 1 aliphatic rings. The molecular weight excluding hydrogens is 226 g/mol. The van der Waals surface area contributed by atoms with Gasteiger partial charge in [0.25, 0.3) is 0 Å². The highest BCUT2D eigenvalue weighted by Gasteiger charge is 2.19. The Balaban J connectivity index is 2.23. The van der Waals surface area contributed by atoms with Crippen molar-refractivity contribution >= 4 is 23.6 Å². The molecule has 3 nitrogen and oxygen atoms in total. The topological polar surface area (TPSA) is 40.5 Å². The maximum Gasteiger partial charge on any atom is 0.152 e. The first-order valence-electron chi connectivity index (χ1n) is 5.38. The molecule has 0 amide bonds. The van der Waals surface area contributed by atoms with Crippen molar-refractivity contribution in [3.8, 4) is 0 Å². The maximum absolute atomic E-state index is 11.0. The highest BCUT2D eigenvalue weighted by atomic mass is 35.5. The molecule has 1 aromatic rings. The predicted molar refractivity (Wildman–Crippen MR) is 64.3 cm³/mol. The Morgan fingerprint density at radius 3 is 2.69 bits per heavy atom. The third-order valence-corrected chi connectivity index (χ3v) is 3.16. The molecule has 1 fully saturated rings. The molecule has 0 atom stereocenters. The van der Waals surface area contributed by atoms with Gasteiger partial charge >= 0.3 is 0 Å². The van der Waals surface area contributed by atoms with Gasteiger partial charge in [-0.05, 0) is 31.0 Å². The van der Waals surface area contributed by atoms with Crippen molar-refractivity contribution < 1.29 is 9.90 Å². The van der Waals surface area contributed by atoms with Crippen LogP contribution in [0, 0.1) is 0 Å². The molecule has 1 aliphatic heterocycles. The number of piperidine rings is 1. The van der Waals surface area contributed by atoms with E-state index in [1.165, 1.54) is 0 Å². The summed E-state index contributed by atoms with van der Waals surface area (Å²) in [5.41, 5.74) is 1.52. The van der Waals surface area contributed by atoms with Gasteiger partial charge in [-0.1, -0.05) is 11.6 Å². The fraction of sp³-hybridized carbons (Fsp3) is 0.417. The molecule has 1 saturated heterocycles. The summed E-state index contributed by atoms with van der Waals surface area (Å²) < 4.78 is 0. The first kappa shape index (κ1) is 11.4. The largest absolute Gasteiger partial charge is 0.393 e. The average Bonchev–Trinajstić information content (AvgIpc) is 2.30. The highest BCUT2D eigenvalue weighted by molar-refractivity contribution is 6.31. The number of aliphatic hydroxyl groups excluding tert-OH is 1. The summed E-state index contributed by atoms with van der Waals surface area (Å²) in [4.78, 5) is 13.1. The van der Waals surface area contributed by atoms with Gasteiger partial charge in [0.2, 0.25) is 0 Å². The Hall–Kier alpha value is -1.06. The molecule has 2 rings (SSSR count). The quantitative estimate of drug-likeness (QED) is 0.804. The molecule has 0 bridgehead atoms. The molecule has 1 heterocycles. The van der Waals surface area contributed by atoms with Gasteiger partial charge in [0, 0.05) is 29.4 Å². The summed E-state index contributed by atoms with van der Waals surface area (Å²) >= 11 is 5.84. The lowest BCUT2D eigenvalue weighted by Gasteiger charge is -2.32. The van der Waals surface area contributed by atoms with Crippen LogP contribution < -0.4 is 4.90 Å². The van der Waals surface area contributed by atoms with E-state index in [4.69, 9.17) is 11.6 Å². The average molecular weight is 240 g/mol. The molecule has 0 aromatic heterocycles. The standard InChI is InChI=1S/C12H14ClNO2/c13-10-1-2-12(9(7-10)8-15)14-5-3-11(16)4-6-14/h1-2,7-8,11,16H,3-6H2. The van der Waals surface area contributed by atoms with E-state index in [2.05, 4.69) is 4.90 Å². The van der Waals surface area contributed by atoms with Crippen LogP contribution in [0.3, 0.4) is 0 Å². The number of halogens is 1. The number of anilines is 1. The van der Waals surface area contributed by atoms with Crippen LogP contribution in [0.25, 0.3) is 0 Å². The minimum atomic E-state index is -0.205. The molecule has 4 heteroatoms. The van der Waals surface area contributed by atoms with Gasteiger partial charge in [-0.15, -0.1) is 0 Å². The lowest BCUT2D eigenvalue weighted by Crippen LogP contribution is -2.36. The van der Waals surface area contributed by atoms with Gasteiger partial charge in [-0.2, -0.15) is 0 Å². The minimum absolute atomic E-state index is 0.205. The zero-order valence-electron chi connectivity index (χ0n) is 8.90. The van der Waals surface area contributed by atoms with Crippen LogP contribution in [0.2, 0.25) is 5.02 Å². The van der Waals surface area contributed by atoms with Crippen LogP contribution in [0.4, 0.5) is 5.69 Å². The second-order valence-corrected chi connectivity index (χ2v) is 4.48. The van der Waals surface area contributed by atoms with E-state index < -0.39 is 0 Å². The first-order chi connectivity index (χ1) is 7.70. The molecule has 0 radical (unpaired) electrons. The van der Waals surface area contributed by atoms with Gasteiger partial charge in [0.15, 0.2) is 6.29 Å². The number of nitrogens with zero attached hydrogens (tertiary/aromatic N) is 1. The summed E-state index contributed by atoms with van der Waals surface area (Å²) in [5, 5.41) is 10.00. The smallest absolute Gasteiger partial charge is 0.152 e. The van der Waals surface area contributed by atoms with Crippen LogP contribution in [0.15, 0.2) is 18.2 Å². The molecule has 0 saturated carbocycles. The number of hydrogen-bond donors (Lipinski definition) is 1. The normalized spacial score (nSPS) is 17.5. The fourth-order valence-corrected chi connectivity index (χ4v) is 2.20. The number of benzene rings is 1. The van der Waals surface area contributed by atoms with E-state index in [0.717, 1.165) is 37.9 Å². The number of hydrogen-bond acceptors (Lipinski definition) is 3. The van der Waals surface area contributed by atoms with Gasteiger partial charge in [0.05, 0.1) is 6.10 Å². The van der Waals surface area contributed by atoms with Crippen LogP contribution in [-0.4, -0.2) is 30.6 Å². The van der Waals surface area contributed by atoms with Crippen molar-refractivity contribution in [2.75, 3.05) is 18.0 Å². The van der Waals surface area contributed by atoms with E-state index in [1.54, 1.807) is 12.1 Å². The van der Waals surface area contributed by atoms with Crippen molar-refractivity contribution in [1.29, 1.82) is 0 Å². The van der Waals surface area contributed by atoms with Gasteiger partial charge in [-0.25, -0.2) is 0 Å². The highest BCUT2D eigenvalue weighted by Crippen LogP contribution is 2.25. The van der Waals surface area contributed by atoms with Crippen LogP contribution >= 0.6 is 11.6 Å². The van der Waals surface area contributed by atoms with Crippen LogP contribution in [0.5, 0.6) is 0 Å². The monoisotopic (exact) mass is 239 g/mol. The molecule has 0 spiro atoms. The Morgan fingerprint density at radius 2 is 2.06 bits per heavy atom. The van der Waals surface area contributed by atoms with E-state index in [0.29, 0.717) is 10.6 Å². The molecule has 86 valence electrons. The third kappa shape index (κ3) is 2.36. The zero-order chi connectivity index (χ0) is 11.5. The summed E-state index contributed by atoms with van der Waals surface area (Å²) in [7, 11) is 0. The molecule has 1 aromatic carbocycles. The molecular formula is C12H14ClNO2. The van der Waals surface area contributed by atoms with Crippen molar-refractivity contribution in [2.24, 2.45) is 0 Å². The number of aliphatic hydroxyl groups is 1. The SMILES string of the molecule is O=Cc1cc(Cl)ccc1N1CCC(O)CC1. The molecule has 0 aliphatic carbocycles. The second kappa shape index (κ2) is 4.85. The Morgan fingerprint density at radius 1 is 1.38 bits per heavy atom. The lowest BCUT2D eigenvalue weighted by atomic mass is 10.1. The molecule has 16 heavy (non-hydrogen) atoms. The van der Waals surface area contributed by atoms with Gasteiger partial charge < -0.3 is 10.0 Å². The summed E-state index contributed by atoms with van der Waals surface area (Å²) in [5.74, 6) is 0. The van der Waals surface area contributed by atoms with Gasteiger partial charge in [-0.3, -0.25) is 4.79 Å². The minimum Gasteiger partial charge on any atom is -0.393 e. The number of aldehydes is 1. The summed E-state index contributed by atoms with van der Waals surface area (Å²) in [6.45, 7) is 1.56. The number of rotatable bonds is 2. The predicted octanol–water partition coefficient (Wildman–Crippen LogP) is 2.11. The number of carbonyl (C=O) groups excluding carboxylic acids is 1.